The summed E-state index contributed by atoms with van der Waals surface area (Å²) in [4.78, 5) is 10.6. The second kappa shape index (κ2) is 13.8. The van der Waals surface area contributed by atoms with Crippen molar-refractivity contribution in [1.29, 1.82) is 0 Å². The maximum Gasteiger partial charge on any atom is 0.150 e. The third-order valence-corrected chi connectivity index (χ3v) is 10.1. The molecule has 6 heterocycles. The minimum absolute atomic E-state index is 0.0534. The molecule has 8 heteroatoms. The van der Waals surface area contributed by atoms with E-state index in [4.69, 9.17) is 29.6 Å². The smallest absolute Gasteiger partial charge is 0.150 e. The zero-order valence-electron chi connectivity index (χ0n) is 29.3. The minimum atomic E-state index is -0.0534. The Kier molecular flexibility index (Phi) is 9.30. The lowest BCUT2D eigenvalue weighted by Crippen LogP contribution is -2.20. The Hall–Kier alpha value is -4.14. The van der Waals surface area contributed by atoms with E-state index in [1.54, 1.807) is 0 Å². The van der Waals surface area contributed by atoms with Gasteiger partial charge in [0.1, 0.15) is 0 Å². The van der Waals surface area contributed by atoms with Gasteiger partial charge in [0.25, 0.3) is 0 Å². The lowest BCUT2D eigenvalue weighted by atomic mass is 9.95. The molecular formula is C40H48N6O2. The van der Waals surface area contributed by atoms with Crippen molar-refractivity contribution >= 4 is 0 Å². The largest absolute Gasteiger partial charge is 0.356 e. The van der Waals surface area contributed by atoms with Crippen LogP contribution in [0.1, 0.15) is 98.5 Å². The van der Waals surface area contributed by atoms with Crippen LogP contribution in [0.4, 0.5) is 0 Å². The summed E-state index contributed by atoms with van der Waals surface area (Å²) in [5.74, 6) is 0. The predicted molar refractivity (Wildman–Crippen MR) is 191 cm³/mol. The van der Waals surface area contributed by atoms with Gasteiger partial charge in [-0.2, -0.15) is 10.2 Å². The number of hydrogen-bond donors (Lipinski definition) is 0. The number of pyridine rings is 2. The molecule has 0 saturated carbocycles. The average molecular weight is 645 g/mol. The van der Waals surface area contributed by atoms with Gasteiger partial charge < -0.3 is 9.47 Å². The molecule has 4 aromatic heterocycles. The van der Waals surface area contributed by atoms with Crippen molar-refractivity contribution in [3.8, 4) is 45.3 Å². The van der Waals surface area contributed by atoms with E-state index in [0.29, 0.717) is 0 Å². The molecule has 2 aliphatic heterocycles. The third-order valence-electron chi connectivity index (χ3n) is 10.1. The van der Waals surface area contributed by atoms with Gasteiger partial charge >= 0.3 is 0 Å². The van der Waals surface area contributed by atoms with Crippen molar-refractivity contribution in [3.63, 3.8) is 0 Å². The molecule has 2 fully saturated rings. The van der Waals surface area contributed by atoms with Crippen molar-refractivity contribution in [2.24, 2.45) is 0 Å². The number of aromatic nitrogens is 6. The fourth-order valence-electron chi connectivity index (χ4n) is 7.51. The highest BCUT2D eigenvalue weighted by atomic mass is 16.5. The molecule has 2 aliphatic rings. The predicted octanol–water partition coefficient (Wildman–Crippen LogP) is 9.29. The number of nitrogens with zero attached hydrogens (tertiary/aromatic N) is 6. The Bertz CT molecular complexity index is 1790. The molecule has 0 spiro atoms. The molecule has 0 amide bonds. The molecular weight excluding hydrogens is 596 g/mol. The van der Waals surface area contributed by atoms with Gasteiger partial charge in [0, 0.05) is 24.3 Å². The van der Waals surface area contributed by atoms with Crippen molar-refractivity contribution < 1.29 is 9.47 Å². The van der Waals surface area contributed by atoms with E-state index in [2.05, 4.69) is 99.4 Å². The normalized spacial score (nSPS) is 18.4. The SMILES string of the molecule is CCc1nn(C2CCCCO2)c(-c2cccc(-c3cc(-c4cccc(-c5c(C)c(CC)nn5C5CCCCO5)n4)c(C)cc3C)n2)c1C. The minimum Gasteiger partial charge on any atom is -0.356 e. The Balaban J connectivity index is 1.29. The molecule has 2 saturated heterocycles. The molecule has 0 aliphatic carbocycles. The fraction of sp³-hybridized carbons (Fsp3) is 0.450. The maximum absolute atomic E-state index is 6.20. The van der Waals surface area contributed by atoms with Crippen LogP contribution in [0.25, 0.3) is 45.3 Å². The van der Waals surface area contributed by atoms with Crippen LogP contribution in [0.2, 0.25) is 0 Å². The third kappa shape index (κ3) is 6.01. The van der Waals surface area contributed by atoms with Crippen LogP contribution in [-0.2, 0) is 22.3 Å². The number of benzene rings is 1. The zero-order valence-corrected chi connectivity index (χ0v) is 29.3. The first kappa shape index (κ1) is 32.4. The monoisotopic (exact) mass is 644 g/mol. The highest BCUT2D eigenvalue weighted by molar-refractivity contribution is 5.77. The summed E-state index contributed by atoms with van der Waals surface area (Å²) in [5.41, 5.74) is 15.0. The number of aryl methyl sites for hydroxylation is 4. The Labute approximate surface area is 284 Å². The quantitative estimate of drug-likeness (QED) is 0.168. The summed E-state index contributed by atoms with van der Waals surface area (Å²) in [6.45, 7) is 14.5. The number of ether oxygens (including phenoxy) is 2. The van der Waals surface area contributed by atoms with Crippen LogP contribution in [0.15, 0.2) is 48.5 Å². The molecule has 1 aromatic carbocycles. The lowest BCUT2D eigenvalue weighted by Gasteiger charge is -2.25. The number of hydrogen-bond acceptors (Lipinski definition) is 6. The molecule has 0 radical (unpaired) electrons. The van der Waals surface area contributed by atoms with E-state index in [0.717, 1.165) is 121 Å². The number of rotatable bonds is 8. The lowest BCUT2D eigenvalue weighted by molar-refractivity contribution is -0.0387. The first-order valence-electron chi connectivity index (χ1n) is 17.8. The van der Waals surface area contributed by atoms with Crippen LogP contribution in [0.5, 0.6) is 0 Å². The summed E-state index contributed by atoms with van der Waals surface area (Å²) >= 11 is 0. The van der Waals surface area contributed by atoms with Crippen molar-refractivity contribution in [2.75, 3.05) is 13.2 Å². The second-order valence-electron chi connectivity index (χ2n) is 13.4. The van der Waals surface area contributed by atoms with Crippen LogP contribution in [0.3, 0.4) is 0 Å². The Morgan fingerprint density at radius 2 is 1.04 bits per heavy atom. The standard InChI is InChI=1S/C40H48N6O2/c1-7-31-27(5)39(45(43-31)37-19-9-11-21-47-37)35-17-13-15-33(41-35)29-24-30(26(4)23-25(29)3)34-16-14-18-36(42-34)40-28(6)32(8-2)44-46(40)38-20-10-12-22-48-38/h13-18,23-24,37-38H,7-12,19-22H2,1-6H3. The summed E-state index contributed by atoms with van der Waals surface area (Å²) in [6, 6.07) is 17.2. The molecule has 5 aromatic rings. The first-order chi connectivity index (χ1) is 23.4. The highest BCUT2D eigenvalue weighted by Gasteiger charge is 2.26. The van der Waals surface area contributed by atoms with Gasteiger partial charge in [-0.1, -0.05) is 32.0 Å². The molecule has 2 atom stereocenters. The van der Waals surface area contributed by atoms with Crippen LogP contribution in [-0.4, -0.2) is 42.7 Å². The topological polar surface area (TPSA) is 79.9 Å². The van der Waals surface area contributed by atoms with E-state index in [1.807, 2.05) is 0 Å². The van der Waals surface area contributed by atoms with E-state index in [-0.39, 0.29) is 12.5 Å². The van der Waals surface area contributed by atoms with Gasteiger partial charge in [-0.25, -0.2) is 19.3 Å². The van der Waals surface area contributed by atoms with Crippen LogP contribution < -0.4 is 0 Å². The van der Waals surface area contributed by atoms with Gasteiger partial charge in [0.2, 0.25) is 0 Å². The molecule has 48 heavy (non-hydrogen) atoms. The Morgan fingerprint density at radius 1 is 0.604 bits per heavy atom. The van der Waals surface area contributed by atoms with Gasteiger partial charge in [-0.3, -0.25) is 0 Å². The van der Waals surface area contributed by atoms with Crippen molar-refractivity contribution in [3.05, 3.63) is 82.2 Å². The van der Waals surface area contributed by atoms with Gasteiger partial charge in [0.15, 0.2) is 12.5 Å². The van der Waals surface area contributed by atoms with Gasteiger partial charge in [-0.05, 0) is 132 Å². The van der Waals surface area contributed by atoms with Gasteiger partial charge in [0.05, 0.1) is 45.6 Å². The maximum atomic E-state index is 6.20. The highest BCUT2D eigenvalue weighted by Crippen LogP contribution is 2.37. The summed E-state index contributed by atoms with van der Waals surface area (Å²) in [5, 5.41) is 10.1. The van der Waals surface area contributed by atoms with Crippen molar-refractivity contribution in [1.82, 2.24) is 29.5 Å². The molecule has 7 rings (SSSR count). The summed E-state index contributed by atoms with van der Waals surface area (Å²) < 4.78 is 16.6. The van der Waals surface area contributed by atoms with Crippen LogP contribution in [0, 0.1) is 27.7 Å². The van der Waals surface area contributed by atoms with E-state index < -0.39 is 0 Å². The fourth-order valence-corrected chi connectivity index (χ4v) is 7.51. The van der Waals surface area contributed by atoms with Crippen molar-refractivity contribution in [2.45, 2.75) is 105 Å². The summed E-state index contributed by atoms with van der Waals surface area (Å²) in [7, 11) is 0. The zero-order chi connectivity index (χ0) is 33.4. The van der Waals surface area contributed by atoms with Gasteiger partial charge in [-0.15, -0.1) is 0 Å². The van der Waals surface area contributed by atoms with E-state index >= 15 is 0 Å². The molecule has 0 bridgehead atoms. The summed E-state index contributed by atoms with van der Waals surface area (Å²) in [6.07, 6.45) is 8.08. The molecule has 2 unspecified atom stereocenters. The average Bonchev–Trinajstić information content (AvgIpc) is 3.64. The molecule has 250 valence electrons. The van der Waals surface area contributed by atoms with E-state index in [1.165, 1.54) is 22.3 Å². The molecule has 0 N–H and O–H groups in total. The second-order valence-corrected chi connectivity index (χ2v) is 13.4. The Morgan fingerprint density at radius 3 is 1.44 bits per heavy atom. The van der Waals surface area contributed by atoms with Crippen LogP contribution >= 0.6 is 0 Å². The van der Waals surface area contributed by atoms with E-state index in [9.17, 15) is 0 Å². The molecule has 8 nitrogen and oxygen atoms in total. The first-order valence-corrected chi connectivity index (χ1v) is 17.8.